The Morgan fingerprint density at radius 1 is 1.13 bits per heavy atom. The summed E-state index contributed by atoms with van der Waals surface area (Å²) in [6.45, 7) is 2.74. The summed E-state index contributed by atoms with van der Waals surface area (Å²) in [5.41, 5.74) is 4.72. The number of aromatic nitrogens is 2. The Labute approximate surface area is 174 Å². The fraction of sp³-hybridized carbons (Fsp3) is 0.167. The lowest BCUT2D eigenvalue weighted by atomic mass is 10.0. The number of amides is 1. The first-order valence-electron chi connectivity index (χ1n) is 9.76. The highest BCUT2D eigenvalue weighted by molar-refractivity contribution is 5.95. The second kappa shape index (κ2) is 8.37. The van der Waals surface area contributed by atoms with Crippen LogP contribution < -0.4 is 4.74 Å². The van der Waals surface area contributed by atoms with E-state index < -0.39 is 0 Å². The molecule has 0 unspecified atom stereocenters. The van der Waals surface area contributed by atoms with Gasteiger partial charge < -0.3 is 14.6 Å². The predicted molar refractivity (Wildman–Crippen MR) is 115 cm³/mol. The molecular weight excluding hydrogens is 381 g/mol. The van der Waals surface area contributed by atoms with Gasteiger partial charge in [-0.3, -0.25) is 4.79 Å². The molecule has 0 fully saturated rings. The molecule has 0 aliphatic carbocycles. The molecule has 1 aromatic heterocycles. The lowest BCUT2D eigenvalue weighted by Gasteiger charge is -2.19. The van der Waals surface area contributed by atoms with Crippen LogP contribution in [0.2, 0.25) is 0 Å². The fourth-order valence-electron chi connectivity index (χ4n) is 3.53. The molecule has 30 heavy (non-hydrogen) atoms. The maximum Gasteiger partial charge on any atom is 0.254 e. The van der Waals surface area contributed by atoms with Gasteiger partial charge in [-0.1, -0.05) is 24.3 Å². The number of carbonyl (C=O) groups excluding carboxylic acids is 1. The van der Waals surface area contributed by atoms with Gasteiger partial charge in [-0.25, -0.2) is 9.37 Å². The normalized spacial score (nSPS) is 10.9. The number of rotatable bonds is 6. The summed E-state index contributed by atoms with van der Waals surface area (Å²) in [6.07, 6.45) is 1.65. The average molecular weight is 403 g/mol. The molecule has 4 aromatic rings. The van der Waals surface area contributed by atoms with Crippen molar-refractivity contribution in [2.45, 2.75) is 13.5 Å². The second-order valence-corrected chi connectivity index (χ2v) is 7.03. The summed E-state index contributed by atoms with van der Waals surface area (Å²) in [4.78, 5) is 22.1. The van der Waals surface area contributed by atoms with E-state index >= 15 is 0 Å². The van der Waals surface area contributed by atoms with Crippen LogP contribution in [0.3, 0.4) is 0 Å². The number of hydrogen-bond acceptors (Lipinski definition) is 3. The van der Waals surface area contributed by atoms with E-state index in [1.807, 2.05) is 31.2 Å². The molecule has 0 saturated heterocycles. The van der Waals surface area contributed by atoms with Crippen molar-refractivity contribution in [1.82, 2.24) is 14.9 Å². The number of ether oxygens (including phenoxy) is 1. The van der Waals surface area contributed by atoms with Crippen LogP contribution in [0.25, 0.3) is 22.2 Å². The SMILES string of the molecule is CCOc1cc(C(=O)N(C)Cc2cccc3[nH]cnc23)ccc1-c1cccc(F)c1. The number of aromatic amines is 1. The Morgan fingerprint density at radius 2 is 1.97 bits per heavy atom. The van der Waals surface area contributed by atoms with Crippen molar-refractivity contribution in [3.63, 3.8) is 0 Å². The third-order valence-electron chi connectivity index (χ3n) is 4.95. The summed E-state index contributed by atoms with van der Waals surface area (Å²) in [5.74, 6) is 0.105. The molecule has 1 N–H and O–H groups in total. The maximum absolute atomic E-state index is 13.7. The Kier molecular flexibility index (Phi) is 5.48. The van der Waals surface area contributed by atoms with Crippen LogP contribution in [0.15, 0.2) is 67.0 Å². The largest absolute Gasteiger partial charge is 0.493 e. The van der Waals surface area contributed by atoms with E-state index in [1.165, 1.54) is 12.1 Å². The van der Waals surface area contributed by atoms with Gasteiger partial charge in [-0.15, -0.1) is 0 Å². The van der Waals surface area contributed by atoms with Gasteiger partial charge in [-0.05, 0) is 54.4 Å². The van der Waals surface area contributed by atoms with Gasteiger partial charge in [0.2, 0.25) is 0 Å². The van der Waals surface area contributed by atoms with Crippen LogP contribution in [-0.4, -0.2) is 34.4 Å². The van der Waals surface area contributed by atoms with E-state index in [0.717, 1.165) is 22.2 Å². The Bertz CT molecular complexity index is 1200. The summed E-state index contributed by atoms with van der Waals surface area (Å²) in [6, 6.07) is 17.5. The number of para-hydroxylation sites is 1. The first kappa shape index (κ1) is 19.6. The molecule has 0 saturated carbocycles. The Morgan fingerprint density at radius 3 is 2.77 bits per heavy atom. The molecular formula is C24H22FN3O2. The van der Waals surface area contributed by atoms with E-state index in [0.29, 0.717) is 30.0 Å². The Balaban J connectivity index is 1.62. The number of nitrogens with one attached hydrogen (secondary N) is 1. The predicted octanol–water partition coefficient (Wildman–Crippen LogP) is 5.04. The van der Waals surface area contributed by atoms with Crippen LogP contribution in [0.5, 0.6) is 5.75 Å². The van der Waals surface area contributed by atoms with Crippen LogP contribution in [0.4, 0.5) is 4.39 Å². The lowest BCUT2D eigenvalue weighted by molar-refractivity contribution is 0.0785. The van der Waals surface area contributed by atoms with Gasteiger partial charge in [-0.2, -0.15) is 0 Å². The molecule has 4 rings (SSSR count). The minimum absolute atomic E-state index is 0.130. The topological polar surface area (TPSA) is 58.2 Å². The molecule has 0 spiro atoms. The van der Waals surface area contributed by atoms with Gasteiger partial charge >= 0.3 is 0 Å². The van der Waals surface area contributed by atoms with Gasteiger partial charge in [0, 0.05) is 24.7 Å². The number of carbonyl (C=O) groups is 1. The van der Waals surface area contributed by atoms with Crippen molar-refractivity contribution in [2.24, 2.45) is 0 Å². The minimum atomic E-state index is -0.317. The number of H-pyrrole nitrogens is 1. The van der Waals surface area contributed by atoms with Gasteiger partial charge in [0.05, 0.1) is 24.0 Å². The van der Waals surface area contributed by atoms with E-state index in [4.69, 9.17) is 4.74 Å². The maximum atomic E-state index is 13.7. The van der Waals surface area contributed by atoms with Gasteiger partial charge in [0.25, 0.3) is 5.91 Å². The average Bonchev–Trinajstić information content (AvgIpc) is 3.23. The zero-order valence-corrected chi connectivity index (χ0v) is 16.9. The van der Waals surface area contributed by atoms with E-state index in [9.17, 15) is 9.18 Å². The molecule has 0 atom stereocenters. The minimum Gasteiger partial charge on any atom is -0.493 e. The lowest BCUT2D eigenvalue weighted by Crippen LogP contribution is -2.26. The Hall–Kier alpha value is -3.67. The van der Waals surface area contributed by atoms with Crippen molar-refractivity contribution in [3.05, 3.63) is 83.9 Å². The monoisotopic (exact) mass is 403 g/mol. The number of fused-ring (bicyclic) bond motifs is 1. The third-order valence-corrected chi connectivity index (χ3v) is 4.95. The zero-order chi connectivity index (χ0) is 21.1. The van der Waals surface area contributed by atoms with E-state index in [2.05, 4.69) is 9.97 Å². The van der Waals surface area contributed by atoms with Crippen LogP contribution in [-0.2, 0) is 6.54 Å². The van der Waals surface area contributed by atoms with Crippen molar-refractivity contribution < 1.29 is 13.9 Å². The summed E-state index contributed by atoms with van der Waals surface area (Å²) in [5, 5.41) is 0. The van der Waals surface area contributed by atoms with Gasteiger partial charge in [0.1, 0.15) is 11.6 Å². The number of halogens is 1. The molecule has 0 aliphatic heterocycles. The molecule has 0 radical (unpaired) electrons. The molecule has 3 aromatic carbocycles. The third kappa shape index (κ3) is 3.89. The van der Waals surface area contributed by atoms with Crippen LogP contribution in [0.1, 0.15) is 22.8 Å². The highest BCUT2D eigenvalue weighted by Gasteiger charge is 2.17. The first-order chi connectivity index (χ1) is 14.6. The molecule has 152 valence electrons. The summed E-state index contributed by atoms with van der Waals surface area (Å²) in [7, 11) is 1.76. The van der Waals surface area contributed by atoms with Crippen LogP contribution in [0, 0.1) is 5.82 Å². The fourth-order valence-corrected chi connectivity index (χ4v) is 3.53. The van der Waals surface area contributed by atoms with E-state index in [1.54, 1.807) is 42.5 Å². The quantitative estimate of drug-likeness (QED) is 0.491. The molecule has 0 bridgehead atoms. The zero-order valence-electron chi connectivity index (χ0n) is 16.9. The van der Waals surface area contributed by atoms with E-state index in [-0.39, 0.29) is 11.7 Å². The van der Waals surface area contributed by atoms with Crippen molar-refractivity contribution in [1.29, 1.82) is 0 Å². The van der Waals surface area contributed by atoms with Crippen LogP contribution >= 0.6 is 0 Å². The first-order valence-corrected chi connectivity index (χ1v) is 9.76. The van der Waals surface area contributed by atoms with Crippen molar-refractivity contribution >= 4 is 16.9 Å². The molecule has 1 amide bonds. The number of imidazole rings is 1. The number of benzene rings is 3. The summed E-state index contributed by atoms with van der Waals surface area (Å²) >= 11 is 0. The molecule has 0 aliphatic rings. The van der Waals surface area contributed by atoms with Crippen molar-refractivity contribution in [2.75, 3.05) is 13.7 Å². The van der Waals surface area contributed by atoms with Crippen molar-refractivity contribution in [3.8, 4) is 16.9 Å². The number of hydrogen-bond donors (Lipinski definition) is 1. The highest BCUT2D eigenvalue weighted by Crippen LogP contribution is 2.32. The highest BCUT2D eigenvalue weighted by atomic mass is 19.1. The van der Waals surface area contributed by atoms with Gasteiger partial charge in [0.15, 0.2) is 0 Å². The number of nitrogens with zero attached hydrogens (tertiary/aromatic N) is 2. The summed E-state index contributed by atoms with van der Waals surface area (Å²) < 4.78 is 19.4. The molecule has 5 nitrogen and oxygen atoms in total. The standard InChI is InChI=1S/C24H22FN3O2/c1-3-30-22-13-17(10-11-20(22)16-6-4-8-19(25)12-16)24(29)28(2)14-18-7-5-9-21-23(18)27-15-26-21/h4-13,15H,3,14H2,1-2H3,(H,26,27). The smallest absolute Gasteiger partial charge is 0.254 e. The molecule has 1 heterocycles. The molecule has 6 heteroatoms. The second-order valence-electron chi connectivity index (χ2n) is 7.03.